The van der Waals surface area contributed by atoms with Gasteiger partial charge in [-0.2, -0.15) is 0 Å². The highest BCUT2D eigenvalue weighted by Crippen LogP contribution is 2.23. The number of para-hydroxylation sites is 3. The lowest BCUT2D eigenvalue weighted by Gasteiger charge is -2.07. The number of ether oxygens (including phenoxy) is 2. The molecule has 0 atom stereocenters. The maximum Gasteiger partial charge on any atom is 0.331 e. The number of carbonyl (C=O) groups is 2. The molecule has 0 saturated heterocycles. The number of hydrogen-bond donors (Lipinski definition) is 1. The van der Waals surface area contributed by atoms with Crippen LogP contribution in [0.25, 0.3) is 6.08 Å². The van der Waals surface area contributed by atoms with E-state index < -0.39 is 23.4 Å². The lowest BCUT2D eigenvalue weighted by molar-refractivity contribution is -0.383. The van der Waals surface area contributed by atoms with E-state index in [0.29, 0.717) is 17.9 Å². The summed E-state index contributed by atoms with van der Waals surface area (Å²) in [4.78, 5) is 33.9. The van der Waals surface area contributed by atoms with E-state index in [1.807, 2.05) is 13.0 Å². The first-order chi connectivity index (χ1) is 13.0. The van der Waals surface area contributed by atoms with Crippen LogP contribution in [0.4, 0.5) is 11.4 Å². The van der Waals surface area contributed by atoms with Crippen LogP contribution in [-0.2, 0) is 14.3 Å². The molecule has 2 rings (SSSR count). The van der Waals surface area contributed by atoms with Gasteiger partial charge < -0.3 is 14.8 Å². The molecule has 1 N–H and O–H groups in total. The normalized spacial score (nSPS) is 10.4. The van der Waals surface area contributed by atoms with Crippen molar-refractivity contribution in [2.75, 3.05) is 18.5 Å². The van der Waals surface area contributed by atoms with Crippen molar-refractivity contribution in [3.05, 3.63) is 70.3 Å². The molecule has 0 heterocycles. The highest BCUT2D eigenvalue weighted by molar-refractivity contribution is 5.96. The molecule has 1 amide bonds. The fraction of sp³-hybridized carbons (Fsp3) is 0.158. The topological polar surface area (TPSA) is 108 Å². The fourth-order valence-electron chi connectivity index (χ4n) is 2.17. The van der Waals surface area contributed by atoms with E-state index in [1.54, 1.807) is 24.3 Å². The Balaban J connectivity index is 1.90. The van der Waals surface area contributed by atoms with Crippen LogP contribution >= 0.6 is 0 Å². The predicted molar refractivity (Wildman–Crippen MR) is 99.3 cm³/mol. The van der Waals surface area contributed by atoms with Crippen LogP contribution in [0.1, 0.15) is 12.5 Å². The molecule has 0 unspecified atom stereocenters. The number of carbonyl (C=O) groups excluding carboxylic acids is 2. The van der Waals surface area contributed by atoms with Gasteiger partial charge >= 0.3 is 5.97 Å². The highest BCUT2D eigenvalue weighted by atomic mass is 16.6. The Morgan fingerprint density at radius 2 is 1.85 bits per heavy atom. The molecule has 27 heavy (non-hydrogen) atoms. The molecule has 8 nitrogen and oxygen atoms in total. The minimum Gasteiger partial charge on any atom is -0.493 e. The van der Waals surface area contributed by atoms with Crippen molar-refractivity contribution < 1.29 is 24.0 Å². The van der Waals surface area contributed by atoms with Crippen LogP contribution in [0.2, 0.25) is 0 Å². The molecule has 2 aromatic carbocycles. The van der Waals surface area contributed by atoms with Gasteiger partial charge in [0.15, 0.2) is 6.61 Å². The number of nitrogens with zero attached hydrogens (tertiary/aromatic N) is 1. The molecular formula is C19H18N2O6. The number of nitrogens with one attached hydrogen (secondary N) is 1. The van der Waals surface area contributed by atoms with Crippen molar-refractivity contribution in [1.82, 2.24) is 0 Å². The van der Waals surface area contributed by atoms with Crippen LogP contribution in [-0.4, -0.2) is 30.0 Å². The number of rotatable bonds is 8. The SMILES string of the molecule is CCOc1ccccc1/C=C/C(=O)OCC(=O)Nc1ccccc1[N+](=O)[O-]. The summed E-state index contributed by atoms with van der Waals surface area (Å²) in [6, 6.07) is 12.8. The quantitative estimate of drug-likeness (QED) is 0.331. The predicted octanol–water partition coefficient (Wildman–Crippen LogP) is 3.19. The van der Waals surface area contributed by atoms with Crippen molar-refractivity contribution in [1.29, 1.82) is 0 Å². The van der Waals surface area contributed by atoms with Crippen molar-refractivity contribution >= 4 is 29.3 Å². The van der Waals surface area contributed by atoms with Gasteiger partial charge in [0.1, 0.15) is 11.4 Å². The Morgan fingerprint density at radius 3 is 2.59 bits per heavy atom. The molecule has 0 fully saturated rings. The number of anilines is 1. The molecule has 140 valence electrons. The summed E-state index contributed by atoms with van der Waals surface area (Å²) >= 11 is 0. The van der Waals surface area contributed by atoms with Gasteiger partial charge in [0.2, 0.25) is 0 Å². The molecule has 0 radical (unpaired) electrons. The zero-order chi connectivity index (χ0) is 19.6. The van der Waals surface area contributed by atoms with Gasteiger partial charge in [-0.05, 0) is 25.1 Å². The molecule has 0 aliphatic carbocycles. The molecule has 0 spiro atoms. The summed E-state index contributed by atoms with van der Waals surface area (Å²) in [5.74, 6) is -0.780. The Kier molecular flexibility index (Phi) is 7.07. The second-order valence-electron chi connectivity index (χ2n) is 5.23. The van der Waals surface area contributed by atoms with Crippen LogP contribution in [0, 0.1) is 10.1 Å². The first kappa shape index (κ1) is 19.6. The smallest absolute Gasteiger partial charge is 0.331 e. The minimum absolute atomic E-state index is 0.0322. The van der Waals surface area contributed by atoms with Crippen LogP contribution in [0.3, 0.4) is 0 Å². The number of hydrogen-bond acceptors (Lipinski definition) is 6. The molecule has 2 aromatic rings. The lowest BCUT2D eigenvalue weighted by Crippen LogP contribution is -2.20. The average Bonchev–Trinajstić information content (AvgIpc) is 2.66. The van der Waals surface area contributed by atoms with Crippen molar-refractivity contribution in [3.63, 3.8) is 0 Å². The number of nitro benzene ring substituents is 1. The van der Waals surface area contributed by atoms with Gasteiger partial charge in [-0.25, -0.2) is 4.79 Å². The summed E-state index contributed by atoms with van der Waals surface area (Å²) in [6.07, 6.45) is 2.70. The Labute approximate surface area is 155 Å². The van der Waals surface area contributed by atoms with E-state index in [2.05, 4.69) is 5.32 Å². The van der Waals surface area contributed by atoms with Crippen molar-refractivity contribution in [2.45, 2.75) is 6.92 Å². The van der Waals surface area contributed by atoms with Gasteiger partial charge in [0.25, 0.3) is 11.6 Å². The third kappa shape index (κ3) is 5.96. The zero-order valence-electron chi connectivity index (χ0n) is 14.6. The number of amides is 1. The average molecular weight is 370 g/mol. The Morgan fingerprint density at radius 1 is 1.15 bits per heavy atom. The van der Waals surface area contributed by atoms with Crippen molar-refractivity contribution in [3.8, 4) is 5.75 Å². The largest absolute Gasteiger partial charge is 0.493 e. The van der Waals surface area contributed by atoms with Gasteiger partial charge in [0.05, 0.1) is 11.5 Å². The Bertz CT molecular complexity index is 863. The summed E-state index contributed by atoms with van der Waals surface area (Å²) in [5.41, 5.74) is 0.481. The maximum atomic E-state index is 11.9. The third-order valence-corrected chi connectivity index (χ3v) is 3.34. The summed E-state index contributed by atoms with van der Waals surface area (Å²) in [6.45, 7) is 1.77. The lowest BCUT2D eigenvalue weighted by atomic mass is 10.2. The second-order valence-corrected chi connectivity index (χ2v) is 5.23. The first-order valence-electron chi connectivity index (χ1n) is 8.11. The molecule has 0 aliphatic heterocycles. The van der Waals surface area contributed by atoms with E-state index in [4.69, 9.17) is 9.47 Å². The number of benzene rings is 2. The molecule has 0 saturated carbocycles. The van der Waals surface area contributed by atoms with Gasteiger partial charge in [-0.3, -0.25) is 14.9 Å². The number of esters is 1. The van der Waals surface area contributed by atoms with E-state index >= 15 is 0 Å². The summed E-state index contributed by atoms with van der Waals surface area (Å²) in [5, 5.41) is 13.3. The van der Waals surface area contributed by atoms with Gasteiger partial charge in [-0.1, -0.05) is 30.3 Å². The van der Waals surface area contributed by atoms with Crippen LogP contribution < -0.4 is 10.1 Å². The van der Waals surface area contributed by atoms with E-state index in [1.165, 1.54) is 30.4 Å². The second kappa shape index (κ2) is 9.71. The van der Waals surface area contributed by atoms with E-state index in [9.17, 15) is 19.7 Å². The van der Waals surface area contributed by atoms with E-state index in [0.717, 1.165) is 0 Å². The van der Waals surface area contributed by atoms with Gasteiger partial charge in [0, 0.05) is 17.7 Å². The Hall–Kier alpha value is -3.68. The highest BCUT2D eigenvalue weighted by Gasteiger charge is 2.15. The minimum atomic E-state index is -0.723. The van der Waals surface area contributed by atoms with Gasteiger partial charge in [-0.15, -0.1) is 0 Å². The van der Waals surface area contributed by atoms with E-state index in [-0.39, 0.29) is 11.4 Å². The standard InChI is InChI=1S/C19H18N2O6/c1-2-26-17-10-6-3-7-14(17)11-12-19(23)27-13-18(22)20-15-8-4-5-9-16(15)21(24)25/h3-12H,2,13H2,1H3,(H,20,22)/b12-11+. The third-order valence-electron chi connectivity index (χ3n) is 3.34. The number of nitro groups is 1. The molecule has 0 aromatic heterocycles. The zero-order valence-corrected chi connectivity index (χ0v) is 14.6. The van der Waals surface area contributed by atoms with Crippen LogP contribution in [0.5, 0.6) is 5.75 Å². The molecule has 0 bridgehead atoms. The van der Waals surface area contributed by atoms with Crippen LogP contribution in [0.15, 0.2) is 54.6 Å². The first-order valence-corrected chi connectivity index (χ1v) is 8.11. The molecule has 8 heteroatoms. The summed E-state index contributed by atoms with van der Waals surface area (Å²) in [7, 11) is 0. The van der Waals surface area contributed by atoms with Crippen molar-refractivity contribution in [2.24, 2.45) is 0 Å². The monoisotopic (exact) mass is 370 g/mol. The maximum absolute atomic E-state index is 11.9. The molecule has 0 aliphatic rings. The molecular weight excluding hydrogens is 352 g/mol. The fourth-order valence-corrected chi connectivity index (χ4v) is 2.17. The summed E-state index contributed by atoms with van der Waals surface area (Å²) < 4.78 is 10.3.